The van der Waals surface area contributed by atoms with Gasteiger partial charge >= 0.3 is 5.97 Å². The van der Waals surface area contributed by atoms with Gasteiger partial charge in [0.2, 0.25) is 10.0 Å². The van der Waals surface area contributed by atoms with Crippen molar-refractivity contribution >= 4 is 21.9 Å². The van der Waals surface area contributed by atoms with E-state index in [1.165, 1.54) is 38.4 Å². The molecule has 128 valence electrons. The molecule has 7 nitrogen and oxygen atoms in total. The highest BCUT2D eigenvalue weighted by atomic mass is 32.2. The Bertz CT molecular complexity index is 666. The number of benzene rings is 1. The Morgan fingerprint density at radius 3 is 2.26 bits per heavy atom. The van der Waals surface area contributed by atoms with Crippen LogP contribution in [0, 0.1) is 0 Å². The van der Waals surface area contributed by atoms with Crippen molar-refractivity contribution in [3.05, 3.63) is 29.8 Å². The largest absolute Gasteiger partial charge is 0.452 e. The Morgan fingerprint density at radius 1 is 1.13 bits per heavy atom. The second-order valence-corrected chi connectivity index (χ2v) is 7.11. The molecule has 0 saturated heterocycles. The van der Waals surface area contributed by atoms with E-state index < -0.39 is 16.0 Å². The monoisotopic (exact) mass is 342 g/mol. The predicted octanol–water partition coefficient (Wildman–Crippen LogP) is 0.962. The van der Waals surface area contributed by atoms with Gasteiger partial charge in [-0.3, -0.25) is 4.79 Å². The molecule has 0 aliphatic rings. The number of likely N-dealkylation sites (N-methyl/N-ethyl adjacent to an activating group) is 1. The van der Waals surface area contributed by atoms with Crippen molar-refractivity contribution in [3.63, 3.8) is 0 Å². The highest BCUT2D eigenvalue weighted by Gasteiger charge is 2.20. The van der Waals surface area contributed by atoms with Crippen molar-refractivity contribution in [2.45, 2.75) is 18.7 Å². The van der Waals surface area contributed by atoms with Crippen molar-refractivity contribution < 1.29 is 22.7 Å². The van der Waals surface area contributed by atoms with Crippen LogP contribution >= 0.6 is 0 Å². The summed E-state index contributed by atoms with van der Waals surface area (Å²) in [4.78, 5) is 25.3. The number of nitrogens with zero attached hydrogens (tertiary/aromatic N) is 2. The van der Waals surface area contributed by atoms with Crippen LogP contribution in [0.4, 0.5) is 0 Å². The molecule has 8 heteroatoms. The second kappa shape index (κ2) is 8.07. The standard InChI is InChI=1S/C15H22N2O5S/c1-5-17(6-2)14(18)11-22-15(19)12-8-7-9-13(10-12)23(20,21)16(3)4/h7-10H,5-6,11H2,1-4H3. The van der Waals surface area contributed by atoms with Crippen LogP contribution in [-0.2, 0) is 19.6 Å². The summed E-state index contributed by atoms with van der Waals surface area (Å²) in [6.45, 7) is 4.36. The summed E-state index contributed by atoms with van der Waals surface area (Å²) in [6, 6.07) is 5.53. The molecule has 0 unspecified atom stereocenters. The fourth-order valence-electron chi connectivity index (χ4n) is 1.87. The molecule has 1 rings (SSSR count). The third-order valence-corrected chi connectivity index (χ3v) is 5.10. The van der Waals surface area contributed by atoms with E-state index in [-0.39, 0.29) is 23.0 Å². The van der Waals surface area contributed by atoms with Crippen LogP contribution in [0.1, 0.15) is 24.2 Å². The Kier molecular flexibility index (Phi) is 6.71. The van der Waals surface area contributed by atoms with Crippen LogP contribution in [-0.4, -0.2) is 63.3 Å². The highest BCUT2D eigenvalue weighted by molar-refractivity contribution is 7.89. The smallest absolute Gasteiger partial charge is 0.338 e. The van der Waals surface area contributed by atoms with Crippen LogP contribution in [0.2, 0.25) is 0 Å². The fourth-order valence-corrected chi connectivity index (χ4v) is 2.82. The summed E-state index contributed by atoms with van der Waals surface area (Å²) in [5.41, 5.74) is 0.0836. The summed E-state index contributed by atoms with van der Waals surface area (Å²) < 4.78 is 30.1. The minimum atomic E-state index is -3.64. The van der Waals surface area contributed by atoms with Crippen LogP contribution in [0.3, 0.4) is 0 Å². The number of hydrogen-bond donors (Lipinski definition) is 0. The lowest BCUT2D eigenvalue weighted by molar-refractivity contribution is -0.134. The molecule has 0 bridgehead atoms. The minimum absolute atomic E-state index is 0.00739. The second-order valence-electron chi connectivity index (χ2n) is 4.96. The van der Waals surface area contributed by atoms with Gasteiger partial charge < -0.3 is 9.64 Å². The molecule has 1 amide bonds. The number of esters is 1. The van der Waals surface area contributed by atoms with Gasteiger partial charge in [0.25, 0.3) is 5.91 Å². The van der Waals surface area contributed by atoms with Gasteiger partial charge in [0.15, 0.2) is 6.61 Å². The number of carbonyl (C=O) groups excluding carboxylic acids is 2. The lowest BCUT2D eigenvalue weighted by Crippen LogP contribution is -2.34. The minimum Gasteiger partial charge on any atom is -0.452 e. The SMILES string of the molecule is CCN(CC)C(=O)COC(=O)c1cccc(S(=O)(=O)N(C)C)c1. The van der Waals surface area contributed by atoms with E-state index in [0.717, 1.165) is 4.31 Å². The molecule has 0 spiro atoms. The Hall–Kier alpha value is -1.93. The third-order valence-electron chi connectivity index (χ3n) is 3.29. The first kappa shape index (κ1) is 19.1. The summed E-state index contributed by atoms with van der Waals surface area (Å²) >= 11 is 0. The van der Waals surface area contributed by atoms with E-state index >= 15 is 0 Å². The molecule has 0 saturated carbocycles. The lowest BCUT2D eigenvalue weighted by Gasteiger charge is -2.18. The molecule has 1 aromatic rings. The van der Waals surface area contributed by atoms with Crippen LogP contribution in [0.15, 0.2) is 29.2 Å². The summed E-state index contributed by atoms with van der Waals surface area (Å²) in [6.07, 6.45) is 0. The molecule has 1 aromatic carbocycles. The van der Waals surface area contributed by atoms with Crippen LogP contribution in [0.5, 0.6) is 0 Å². The van der Waals surface area contributed by atoms with Gasteiger partial charge in [0.1, 0.15) is 0 Å². The topological polar surface area (TPSA) is 84.0 Å². The van der Waals surface area contributed by atoms with Gasteiger partial charge in [0, 0.05) is 27.2 Å². The maximum Gasteiger partial charge on any atom is 0.338 e. The number of sulfonamides is 1. The number of carbonyl (C=O) groups is 2. The van der Waals surface area contributed by atoms with Crippen molar-refractivity contribution in [1.82, 2.24) is 9.21 Å². The van der Waals surface area contributed by atoms with Crippen LogP contribution < -0.4 is 0 Å². The molecule has 23 heavy (non-hydrogen) atoms. The number of amides is 1. The number of rotatable bonds is 7. The number of hydrogen-bond acceptors (Lipinski definition) is 5. The van der Waals surface area contributed by atoms with E-state index in [1.807, 2.05) is 13.8 Å². The van der Waals surface area contributed by atoms with Gasteiger partial charge in [-0.2, -0.15) is 0 Å². The third kappa shape index (κ3) is 4.77. The quantitative estimate of drug-likeness (QED) is 0.689. The predicted molar refractivity (Wildman–Crippen MR) is 85.5 cm³/mol. The number of ether oxygens (including phenoxy) is 1. The fraction of sp³-hybridized carbons (Fsp3) is 0.467. The first-order valence-electron chi connectivity index (χ1n) is 7.21. The van der Waals surface area contributed by atoms with Crippen molar-refractivity contribution in [1.29, 1.82) is 0 Å². The van der Waals surface area contributed by atoms with Gasteiger partial charge in [-0.25, -0.2) is 17.5 Å². The molecule has 0 aliphatic carbocycles. The van der Waals surface area contributed by atoms with E-state index in [9.17, 15) is 18.0 Å². The average molecular weight is 342 g/mol. The molecule has 0 radical (unpaired) electrons. The van der Waals surface area contributed by atoms with Crippen LogP contribution in [0.25, 0.3) is 0 Å². The Labute approximate surface area is 136 Å². The molecule has 0 aromatic heterocycles. The average Bonchev–Trinajstić information content (AvgIpc) is 2.53. The van der Waals surface area contributed by atoms with E-state index in [2.05, 4.69) is 0 Å². The lowest BCUT2D eigenvalue weighted by atomic mass is 10.2. The summed E-state index contributed by atoms with van der Waals surface area (Å²) in [7, 11) is -0.823. The van der Waals surface area contributed by atoms with Crippen molar-refractivity contribution in [2.24, 2.45) is 0 Å². The molecule has 0 N–H and O–H groups in total. The molecule has 0 fully saturated rings. The molecule has 0 atom stereocenters. The maximum atomic E-state index is 12.1. The summed E-state index contributed by atoms with van der Waals surface area (Å²) in [5.74, 6) is -1.03. The first-order chi connectivity index (χ1) is 10.7. The van der Waals surface area contributed by atoms with Gasteiger partial charge in [-0.15, -0.1) is 0 Å². The van der Waals surface area contributed by atoms with Crippen molar-refractivity contribution in [3.8, 4) is 0 Å². The van der Waals surface area contributed by atoms with Gasteiger partial charge in [-0.05, 0) is 32.0 Å². The highest BCUT2D eigenvalue weighted by Crippen LogP contribution is 2.15. The summed E-state index contributed by atoms with van der Waals surface area (Å²) in [5, 5.41) is 0. The molecule has 0 heterocycles. The maximum absolute atomic E-state index is 12.1. The van der Waals surface area contributed by atoms with Gasteiger partial charge in [-0.1, -0.05) is 6.07 Å². The molecular formula is C15H22N2O5S. The van der Waals surface area contributed by atoms with Gasteiger partial charge in [0.05, 0.1) is 10.5 Å². The van der Waals surface area contributed by atoms with E-state index in [0.29, 0.717) is 13.1 Å². The van der Waals surface area contributed by atoms with E-state index in [4.69, 9.17) is 4.74 Å². The zero-order valence-electron chi connectivity index (χ0n) is 13.8. The Balaban J connectivity index is 2.84. The zero-order valence-corrected chi connectivity index (χ0v) is 14.6. The normalized spacial score (nSPS) is 11.3. The van der Waals surface area contributed by atoms with E-state index in [1.54, 1.807) is 4.90 Å². The molecule has 0 aliphatic heterocycles. The van der Waals surface area contributed by atoms with Crippen molar-refractivity contribution in [2.75, 3.05) is 33.8 Å². The Morgan fingerprint density at radius 2 is 1.74 bits per heavy atom. The zero-order chi connectivity index (χ0) is 17.6. The first-order valence-corrected chi connectivity index (χ1v) is 8.65. The molecular weight excluding hydrogens is 320 g/mol.